The molecule has 222 valence electrons. The Morgan fingerprint density at radius 3 is 2.12 bits per heavy atom. The van der Waals surface area contributed by atoms with Crippen molar-refractivity contribution in [3.8, 4) is 11.5 Å². The smallest absolute Gasteiger partial charge is 0.338 e. The number of benzene rings is 2. The van der Waals surface area contributed by atoms with E-state index in [1.807, 2.05) is 13.8 Å². The molecule has 2 heterocycles. The molecule has 1 atom stereocenters. The van der Waals surface area contributed by atoms with Crippen LogP contribution in [0.2, 0.25) is 0 Å². The minimum atomic E-state index is -3.63. The number of nitrogens with zero attached hydrogens (tertiary/aromatic N) is 3. The van der Waals surface area contributed by atoms with Gasteiger partial charge in [-0.05, 0) is 50.6 Å². The van der Waals surface area contributed by atoms with Crippen molar-refractivity contribution in [3.05, 3.63) is 64.9 Å². The normalized spacial score (nSPS) is 18.7. The van der Waals surface area contributed by atoms with Crippen LogP contribution in [0.25, 0.3) is 0 Å². The van der Waals surface area contributed by atoms with Crippen LogP contribution < -0.4 is 14.8 Å². The Bertz CT molecular complexity index is 1380. The fraction of sp³-hybridized carbons (Fsp3) is 0.448. The Morgan fingerprint density at radius 1 is 0.976 bits per heavy atom. The number of aryl methyl sites for hydroxylation is 1. The van der Waals surface area contributed by atoms with E-state index >= 15 is 0 Å². The van der Waals surface area contributed by atoms with Crippen molar-refractivity contribution in [2.24, 2.45) is 0 Å². The van der Waals surface area contributed by atoms with Crippen molar-refractivity contribution in [2.45, 2.75) is 31.7 Å². The van der Waals surface area contributed by atoms with Crippen LogP contribution in [0.1, 0.15) is 31.0 Å². The highest BCUT2D eigenvalue weighted by atomic mass is 32.2. The second-order valence-corrected chi connectivity index (χ2v) is 11.8. The van der Waals surface area contributed by atoms with Gasteiger partial charge in [0.05, 0.1) is 37.3 Å². The van der Waals surface area contributed by atoms with Crippen LogP contribution in [-0.4, -0.2) is 94.6 Å². The number of sulfonamides is 1. The first-order valence-electron chi connectivity index (χ1n) is 13.6. The lowest BCUT2D eigenvalue weighted by Gasteiger charge is -2.40. The number of ether oxygens (including phenoxy) is 3. The van der Waals surface area contributed by atoms with Gasteiger partial charge in [0.15, 0.2) is 0 Å². The number of hydrogen-bond acceptors (Lipinski definition) is 8. The van der Waals surface area contributed by atoms with Gasteiger partial charge in [-0.2, -0.15) is 4.31 Å². The summed E-state index contributed by atoms with van der Waals surface area (Å²) in [7, 11) is -0.565. The molecule has 1 N–H and O–H groups in total. The van der Waals surface area contributed by atoms with E-state index in [1.54, 1.807) is 49.4 Å². The van der Waals surface area contributed by atoms with Crippen LogP contribution in [0.4, 0.5) is 4.79 Å². The minimum absolute atomic E-state index is 0.166. The maximum atomic E-state index is 13.4. The molecule has 1 unspecified atom stereocenters. The van der Waals surface area contributed by atoms with Gasteiger partial charge in [0.25, 0.3) is 0 Å². The maximum Gasteiger partial charge on any atom is 0.338 e. The molecule has 2 aromatic rings. The molecule has 0 spiro atoms. The van der Waals surface area contributed by atoms with E-state index in [1.165, 1.54) is 23.4 Å². The van der Waals surface area contributed by atoms with E-state index in [2.05, 4.69) is 10.2 Å². The molecule has 0 aromatic heterocycles. The van der Waals surface area contributed by atoms with Gasteiger partial charge in [-0.1, -0.05) is 17.7 Å². The fourth-order valence-electron chi connectivity index (χ4n) is 5.10. The Labute approximate surface area is 241 Å². The maximum absolute atomic E-state index is 13.4. The summed E-state index contributed by atoms with van der Waals surface area (Å²) in [5.74, 6) is 0.498. The number of methoxy groups -OCH3 is 2. The molecular formula is C29H38N4O7S. The average molecular weight is 587 g/mol. The predicted molar refractivity (Wildman–Crippen MR) is 153 cm³/mol. The highest BCUT2D eigenvalue weighted by Crippen LogP contribution is 2.36. The fourth-order valence-corrected chi connectivity index (χ4v) is 6.53. The highest BCUT2D eigenvalue weighted by Gasteiger charge is 2.39. The summed E-state index contributed by atoms with van der Waals surface area (Å²) in [6.07, 6.45) is 0. The molecule has 0 saturated carbocycles. The number of likely N-dealkylation sites (N-methyl/N-ethyl adjacent to an activating group) is 1. The Kier molecular flexibility index (Phi) is 9.57. The number of nitrogens with one attached hydrogen (secondary N) is 1. The molecule has 1 saturated heterocycles. The molecule has 4 rings (SSSR count). The van der Waals surface area contributed by atoms with Crippen molar-refractivity contribution in [2.75, 3.05) is 60.1 Å². The third kappa shape index (κ3) is 6.50. The van der Waals surface area contributed by atoms with E-state index in [0.717, 1.165) is 5.56 Å². The summed E-state index contributed by atoms with van der Waals surface area (Å²) >= 11 is 0. The first-order chi connectivity index (χ1) is 19.6. The first kappa shape index (κ1) is 30.4. The highest BCUT2D eigenvalue weighted by molar-refractivity contribution is 7.89. The minimum Gasteiger partial charge on any atom is -0.497 e. The van der Waals surface area contributed by atoms with E-state index in [0.29, 0.717) is 48.0 Å². The van der Waals surface area contributed by atoms with Crippen LogP contribution in [0.15, 0.2) is 58.6 Å². The Balaban J connectivity index is 1.66. The molecule has 1 fully saturated rings. The topological polar surface area (TPSA) is 118 Å². The number of hydrogen-bond donors (Lipinski definition) is 1. The summed E-state index contributed by atoms with van der Waals surface area (Å²) in [5, 5.41) is 2.95. The van der Waals surface area contributed by atoms with Gasteiger partial charge in [0, 0.05) is 51.0 Å². The van der Waals surface area contributed by atoms with Gasteiger partial charge in [0.2, 0.25) is 10.0 Å². The standard InChI is InChI=1S/C29H38N4O7S/c1-6-33-25(19-31-12-14-32(15-13-31)41(36,37)24-10-8-20(3)9-11-24)26(28(34)40-7-2)27(30-29(33)35)21-16-22(38-4)18-23(17-21)39-5/h8-11,16-18,27H,6-7,12-15,19H2,1-5H3,(H,30,35). The number of carbonyl (C=O) groups is 2. The third-order valence-corrected chi connectivity index (χ3v) is 9.23. The van der Waals surface area contributed by atoms with Crippen molar-refractivity contribution < 1.29 is 32.2 Å². The molecular weight excluding hydrogens is 548 g/mol. The number of urea groups is 1. The SMILES string of the molecule is CCOC(=O)C1=C(CN2CCN(S(=O)(=O)c3ccc(C)cc3)CC2)N(CC)C(=O)NC1c1cc(OC)cc(OC)c1. The van der Waals surface area contributed by atoms with Crippen LogP contribution in [0.3, 0.4) is 0 Å². The second kappa shape index (κ2) is 12.9. The lowest BCUT2D eigenvalue weighted by atomic mass is 9.93. The van der Waals surface area contributed by atoms with Gasteiger partial charge < -0.3 is 19.5 Å². The largest absolute Gasteiger partial charge is 0.497 e. The summed E-state index contributed by atoms with van der Waals surface area (Å²) in [4.78, 5) is 30.6. The Morgan fingerprint density at radius 2 is 1.59 bits per heavy atom. The molecule has 0 bridgehead atoms. The van der Waals surface area contributed by atoms with Gasteiger partial charge in [0.1, 0.15) is 11.5 Å². The van der Waals surface area contributed by atoms with E-state index < -0.39 is 22.0 Å². The molecule has 41 heavy (non-hydrogen) atoms. The molecule has 0 aliphatic carbocycles. The molecule has 2 aliphatic rings. The van der Waals surface area contributed by atoms with Crippen LogP contribution in [-0.2, 0) is 19.6 Å². The summed E-state index contributed by atoms with van der Waals surface area (Å²) in [6.45, 7) is 7.68. The van der Waals surface area contributed by atoms with E-state index in [-0.39, 0.29) is 37.2 Å². The zero-order valence-electron chi connectivity index (χ0n) is 24.2. The molecule has 0 radical (unpaired) electrons. The van der Waals surface area contributed by atoms with Gasteiger partial charge in [-0.3, -0.25) is 9.80 Å². The monoisotopic (exact) mass is 586 g/mol. The van der Waals surface area contributed by atoms with Crippen LogP contribution in [0, 0.1) is 6.92 Å². The lowest BCUT2D eigenvalue weighted by Crippen LogP contribution is -2.53. The lowest BCUT2D eigenvalue weighted by molar-refractivity contribution is -0.139. The molecule has 2 aromatic carbocycles. The van der Waals surface area contributed by atoms with Crippen LogP contribution in [0.5, 0.6) is 11.5 Å². The summed E-state index contributed by atoms with van der Waals surface area (Å²) in [5.41, 5.74) is 2.44. The van der Waals surface area contributed by atoms with Gasteiger partial charge >= 0.3 is 12.0 Å². The van der Waals surface area contributed by atoms with Crippen LogP contribution >= 0.6 is 0 Å². The summed E-state index contributed by atoms with van der Waals surface area (Å²) in [6, 6.07) is 10.9. The number of carbonyl (C=O) groups excluding carboxylic acids is 2. The Hall–Kier alpha value is -3.61. The molecule has 12 heteroatoms. The van der Waals surface area contributed by atoms with Crippen molar-refractivity contribution in [1.82, 2.24) is 19.4 Å². The predicted octanol–water partition coefficient (Wildman–Crippen LogP) is 2.92. The zero-order valence-corrected chi connectivity index (χ0v) is 25.0. The average Bonchev–Trinajstić information content (AvgIpc) is 2.97. The number of amides is 2. The third-order valence-electron chi connectivity index (χ3n) is 7.32. The number of piperazine rings is 1. The van der Waals surface area contributed by atoms with Crippen molar-refractivity contribution in [3.63, 3.8) is 0 Å². The molecule has 11 nitrogen and oxygen atoms in total. The van der Waals surface area contributed by atoms with Crippen molar-refractivity contribution in [1.29, 1.82) is 0 Å². The number of rotatable bonds is 10. The van der Waals surface area contributed by atoms with E-state index in [9.17, 15) is 18.0 Å². The molecule has 2 aliphatic heterocycles. The van der Waals surface area contributed by atoms with E-state index in [4.69, 9.17) is 14.2 Å². The summed E-state index contributed by atoms with van der Waals surface area (Å²) < 4.78 is 44.2. The van der Waals surface area contributed by atoms with Gasteiger partial charge in [-0.15, -0.1) is 0 Å². The first-order valence-corrected chi connectivity index (χ1v) is 15.1. The van der Waals surface area contributed by atoms with Crippen molar-refractivity contribution >= 4 is 22.0 Å². The quantitative estimate of drug-likeness (QED) is 0.423. The van der Waals surface area contributed by atoms with Gasteiger partial charge in [-0.25, -0.2) is 18.0 Å². The molecule has 2 amide bonds. The second-order valence-electron chi connectivity index (χ2n) is 9.85. The number of esters is 1. The zero-order chi connectivity index (χ0) is 29.7.